The summed E-state index contributed by atoms with van der Waals surface area (Å²) in [6, 6.07) is 5.23. The van der Waals surface area contributed by atoms with Crippen molar-refractivity contribution in [3.05, 3.63) is 35.1 Å². The second kappa shape index (κ2) is 7.43. The average molecular weight is 397 g/mol. The normalized spacial score (nSPS) is 26.4. The predicted octanol–water partition coefficient (Wildman–Crippen LogP) is 2.73. The molecule has 0 unspecified atom stereocenters. The van der Waals surface area contributed by atoms with Crippen molar-refractivity contribution in [3.63, 3.8) is 0 Å². The second-order valence-electron chi connectivity index (χ2n) is 8.45. The molecule has 2 heterocycles. The lowest BCUT2D eigenvalue weighted by Gasteiger charge is -2.46. The van der Waals surface area contributed by atoms with Crippen LogP contribution in [-0.4, -0.2) is 49.9 Å². The molecule has 1 atom stereocenters. The van der Waals surface area contributed by atoms with Crippen LogP contribution in [0.3, 0.4) is 0 Å². The molecule has 3 aliphatic rings. The molecule has 1 saturated carbocycles. The molecule has 0 amide bonds. The first-order valence-corrected chi connectivity index (χ1v) is 11.5. The third kappa shape index (κ3) is 4.53. The van der Waals surface area contributed by atoms with Gasteiger partial charge >= 0.3 is 0 Å². The highest BCUT2D eigenvalue weighted by Gasteiger charge is 2.43. The van der Waals surface area contributed by atoms with Gasteiger partial charge in [0.15, 0.2) is 0 Å². The van der Waals surface area contributed by atoms with E-state index in [9.17, 15) is 12.8 Å². The molecule has 1 aliphatic carbocycles. The maximum atomic E-state index is 14.0. The molecule has 3 fully saturated rings. The molecular formula is C20H29FN2O3S. The summed E-state index contributed by atoms with van der Waals surface area (Å²) in [7, 11) is -3.16. The van der Waals surface area contributed by atoms with Crippen molar-refractivity contribution in [1.82, 2.24) is 9.62 Å². The molecule has 5 nitrogen and oxygen atoms in total. The molecule has 1 aromatic rings. The maximum Gasteiger partial charge on any atom is 0.214 e. The van der Waals surface area contributed by atoms with Gasteiger partial charge in [0.2, 0.25) is 10.0 Å². The lowest BCUT2D eigenvalue weighted by molar-refractivity contribution is -0.118. The third-order valence-electron chi connectivity index (χ3n) is 6.15. The molecule has 4 rings (SSSR count). The minimum atomic E-state index is -3.16. The monoisotopic (exact) mass is 396 g/mol. The first-order valence-electron chi connectivity index (χ1n) is 9.98. The number of aryl methyl sites for hydroxylation is 1. The smallest absolute Gasteiger partial charge is 0.214 e. The number of nitrogens with zero attached hydrogens (tertiary/aromatic N) is 1. The Balaban J connectivity index is 1.34. The summed E-state index contributed by atoms with van der Waals surface area (Å²) in [5.41, 5.74) is 1.57. The largest absolute Gasteiger partial charge is 0.375 e. The van der Waals surface area contributed by atoms with Gasteiger partial charge in [-0.05, 0) is 51.5 Å². The first kappa shape index (κ1) is 19.3. The van der Waals surface area contributed by atoms with Crippen molar-refractivity contribution < 1.29 is 17.5 Å². The molecule has 0 aromatic heterocycles. The quantitative estimate of drug-likeness (QED) is 0.831. The molecule has 1 N–H and O–H groups in total. The fourth-order valence-corrected chi connectivity index (χ4v) is 5.98. The maximum absolute atomic E-state index is 14.0. The van der Waals surface area contributed by atoms with Crippen molar-refractivity contribution in [3.8, 4) is 0 Å². The molecule has 1 spiro atoms. The van der Waals surface area contributed by atoms with E-state index >= 15 is 0 Å². The fourth-order valence-electron chi connectivity index (χ4n) is 4.37. The van der Waals surface area contributed by atoms with Gasteiger partial charge in [-0.1, -0.05) is 17.7 Å². The Kier molecular flexibility index (Phi) is 5.31. The third-order valence-corrected chi connectivity index (χ3v) is 8.16. The molecule has 0 bridgehead atoms. The van der Waals surface area contributed by atoms with Gasteiger partial charge in [0.25, 0.3) is 0 Å². The highest BCUT2D eigenvalue weighted by Crippen LogP contribution is 2.36. The van der Waals surface area contributed by atoms with Gasteiger partial charge in [0.05, 0.1) is 10.9 Å². The highest BCUT2D eigenvalue weighted by atomic mass is 32.2. The summed E-state index contributed by atoms with van der Waals surface area (Å²) < 4.78 is 47.6. The van der Waals surface area contributed by atoms with Gasteiger partial charge in [-0.25, -0.2) is 17.5 Å². The number of ether oxygens (including phenoxy) is 1. The van der Waals surface area contributed by atoms with Gasteiger partial charge in [-0.2, -0.15) is 0 Å². The highest BCUT2D eigenvalue weighted by molar-refractivity contribution is 7.90. The van der Waals surface area contributed by atoms with Gasteiger partial charge in [0.1, 0.15) is 5.82 Å². The van der Waals surface area contributed by atoms with Crippen LogP contribution in [0, 0.1) is 12.7 Å². The van der Waals surface area contributed by atoms with Crippen LogP contribution in [0.5, 0.6) is 0 Å². The Bertz CT molecular complexity index is 786. The summed E-state index contributed by atoms with van der Waals surface area (Å²) in [5, 5.41) is -0.178. The number of hydrogen-bond donors (Lipinski definition) is 1. The summed E-state index contributed by atoms with van der Waals surface area (Å²) in [4.78, 5) is 2.27. The molecular weight excluding hydrogens is 367 g/mol. The molecule has 7 heteroatoms. The fraction of sp³-hybridized carbons (Fsp3) is 0.700. The molecule has 150 valence electrons. The number of nitrogens with one attached hydrogen (secondary N) is 1. The van der Waals surface area contributed by atoms with Crippen molar-refractivity contribution >= 4 is 10.0 Å². The van der Waals surface area contributed by atoms with Crippen LogP contribution >= 0.6 is 0 Å². The number of likely N-dealkylation sites (tertiary alicyclic amines) is 1. The van der Waals surface area contributed by atoms with Crippen molar-refractivity contribution in [1.29, 1.82) is 0 Å². The summed E-state index contributed by atoms with van der Waals surface area (Å²) in [5.74, 6) is -0.149. The number of rotatable bonds is 5. The molecule has 2 saturated heterocycles. The van der Waals surface area contributed by atoms with E-state index in [4.69, 9.17) is 4.74 Å². The van der Waals surface area contributed by atoms with E-state index in [2.05, 4.69) is 9.62 Å². The number of benzene rings is 1. The summed E-state index contributed by atoms with van der Waals surface area (Å²) >= 11 is 0. The standard InChI is InChI=1S/C20H29FN2O3S/c1-15-2-5-19(21)16(12-15)14-23-9-7-20(8-10-23)13-17(6-11-26-20)22-27(24,25)18-3-4-18/h2,5,12,17-18,22H,3-4,6-11,13-14H2,1H3/t17-/m1/s1. The Morgan fingerprint density at radius 2 is 2.00 bits per heavy atom. The van der Waals surface area contributed by atoms with Crippen LogP contribution in [0.4, 0.5) is 4.39 Å². The van der Waals surface area contributed by atoms with Gasteiger partial charge in [-0.15, -0.1) is 0 Å². The number of hydrogen-bond acceptors (Lipinski definition) is 4. The SMILES string of the molecule is Cc1ccc(F)c(CN2CCC3(CC2)C[C@H](NS(=O)(=O)C2CC2)CCO3)c1. The van der Waals surface area contributed by atoms with Crippen molar-refractivity contribution in [2.45, 2.75) is 68.9 Å². The Morgan fingerprint density at radius 3 is 2.70 bits per heavy atom. The Hall–Kier alpha value is -1.02. The van der Waals surface area contributed by atoms with Crippen molar-refractivity contribution in [2.24, 2.45) is 0 Å². The van der Waals surface area contributed by atoms with E-state index in [1.165, 1.54) is 6.07 Å². The zero-order valence-corrected chi connectivity index (χ0v) is 16.7. The molecule has 0 radical (unpaired) electrons. The zero-order valence-electron chi connectivity index (χ0n) is 15.9. The first-order chi connectivity index (χ1) is 12.9. The Morgan fingerprint density at radius 1 is 1.26 bits per heavy atom. The van der Waals surface area contributed by atoms with Crippen molar-refractivity contribution in [2.75, 3.05) is 19.7 Å². The number of sulfonamides is 1. The van der Waals surface area contributed by atoms with Crippen LogP contribution < -0.4 is 4.72 Å². The van der Waals surface area contributed by atoms with E-state index in [-0.39, 0.29) is 22.7 Å². The van der Waals surface area contributed by atoms with Crippen LogP contribution in [0.2, 0.25) is 0 Å². The lowest BCUT2D eigenvalue weighted by Crippen LogP contribution is -2.53. The van der Waals surface area contributed by atoms with Crippen LogP contribution in [0.15, 0.2) is 18.2 Å². The number of halogens is 1. The molecule has 2 aliphatic heterocycles. The van der Waals surface area contributed by atoms with E-state index in [1.54, 1.807) is 6.07 Å². The Labute approximate surface area is 161 Å². The summed E-state index contributed by atoms with van der Waals surface area (Å²) in [6.07, 6.45) is 4.78. The van der Waals surface area contributed by atoms with Gasteiger partial charge in [-0.3, -0.25) is 4.90 Å². The van der Waals surface area contributed by atoms with E-state index in [0.29, 0.717) is 13.2 Å². The second-order valence-corrected chi connectivity index (χ2v) is 10.4. The van der Waals surface area contributed by atoms with Crippen LogP contribution in [-0.2, 0) is 21.3 Å². The minimum Gasteiger partial charge on any atom is -0.375 e. The topological polar surface area (TPSA) is 58.6 Å². The number of piperidine rings is 1. The zero-order chi connectivity index (χ0) is 19.1. The lowest BCUT2D eigenvalue weighted by atomic mass is 9.82. The van der Waals surface area contributed by atoms with E-state index < -0.39 is 10.0 Å². The molecule has 1 aromatic carbocycles. The van der Waals surface area contributed by atoms with Gasteiger partial charge < -0.3 is 4.74 Å². The van der Waals surface area contributed by atoms with E-state index in [1.807, 2.05) is 13.0 Å². The minimum absolute atomic E-state index is 0.0230. The van der Waals surface area contributed by atoms with Crippen LogP contribution in [0.1, 0.15) is 49.7 Å². The van der Waals surface area contributed by atoms with Crippen LogP contribution in [0.25, 0.3) is 0 Å². The van der Waals surface area contributed by atoms with E-state index in [0.717, 1.165) is 62.7 Å². The predicted molar refractivity (Wildman–Crippen MR) is 102 cm³/mol. The molecule has 27 heavy (non-hydrogen) atoms. The average Bonchev–Trinajstić information content (AvgIpc) is 3.46. The summed E-state index contributed by atoms with van der Waals surface area (Å²) in [6.45, 7) is 4.88. The van der Waals surface area contributed by atoms with Gasteiger partial charge in [0, 0.05) is 37.8 Å².